The Kier molecular flexibility index (Phi) is 7.41. The third-order valence-corrected chi connectivity index (χ3v) is 4.15. The number of rotatable bonds is 10. The van der Waals surface area contributed by atoms with Gasteiger partial charge in [-0.15, -0.1) is 0 Å². The molecule has 136 valence electrons. The van der Waals surface area contributed by atoms with Crippen molar-refractivity contribution in [2.24, 2.45) is 0 Å². The van der Waals surface area contributed by atoms with Crippen LogP contribution in [0.25, 0.3) is 0 Å². The van der Waals surface area contributed by atoms with Crippen molar-refractivity contribution in [3.8, 4) is 17.2 Å². The second-order valence-electron chi connectivity index (χ2n) is 5.95. The first-order chi connectivity index (χ1) is 12.1. The molecule has 0 unspecified atom stereocenters. The number of nitrogens with zero attached hydrogens (tertiary/aromatic N) is 1. The number of nitrogens with two attached hydrogens (primary N) is 2. The molecule has 0 radical (unpaired) electrons. The zero-order valence-corrected chi connectivity index (χ0v) is 15.2. The Morgan fingerprint density at radius 3 is 2.08 bits per heavy atom. The van der Waals surface area contributed by atoms with Crippen molar-refractivity contribution in [1.29, 1.82) is 0 Å². The molecule has 0 bridgehead atoms. The molecule has 2 aromatic carbocycles. The van der Waals surface area contributed by atoms with Crippen LogP contribution in [0.4, 0.5) is 11.4 Å². The molecule has 0 saturated carbocycles. The SMILES string of the molecule is CCN(CC)CCCCOc1ccc(Oc2ccc(N)c(N)c2)cc1. The Balaban J connectivity index is 1.75. The number of nitrogen functional groups attached to an aromatic ring is 2. The molecule has 0 saturated heterocycles. The molecule has 0 aliphatic carbocycles. The van der Waals surface area contributed by atoms with Gasteiger partial charge in [0.05, 0.1) is 18.0 Å². The maximum atomic E-state index is 5.79. The number of unbranched alkanes of at least 4 members (excludes halogenated alkanes) is 1. The summed E-state index contributed by atoms with van der Waals surface area (Å²) in [6.07, 6.45) is 2.21. The zero-order chi connectivity index (χ0) is 18.1. The van der Waals surface area contributed by atoms with Crippen molar-refractivity contribution in [3.63, 3.8) is 0 Å². The number of hydrogen-bond acceptors (Lipinski definition) is 5. The topological polar surface area (TPSA) is 73.7 Å². The molecule has 5 nitrogen and oxygen atoms in total. The average molecular weight is 343 g/mol. The molecule has 0 aromatic heterocycles. The molecule has 2 aromatic rings. The Morgan fingerprint density at radius 2 is 1.44 bits per heavy atom. The van der Waals surface area contributed by atoms with Crippen molar-refractivity contribution in [1.82, 2.24) is 4.90 Å². The monoisotopic (exact) mass is 343 g/mol. The van der Waals surface area contributed by atoms with Gasteiger partial charge >= 0.3 is 0 Å². The lowest BCUT2D eigenvalue weighted by Gasteiger charge is -2.17. The zero-order valence-electron chi connectivity index (χ0n) is 15.2. The van der Waals surface area contributed by atoms with E-state index in [0.29, 0.717) is 17.1 Å². The summed E-state index contributed by atoms with van der Waals surface area (Å²) in [7, 11) is 0. The molecule has 4 N–H and O–H groups in total. The highest BCUT2D eigenvalue weighted by Gasteiger charge is 2.02. The molecule has 0 spiro atoms. The summed E-state index contributed by atoms with van der Waals surface area (Å²) in [4.78, 5) is 2.43. The van der Waals surface area contributed by atoms with E-state index < -0.39 is 0 Å². The minimum absolute atomic E-state index is 0.516. The third kappa shape index (κ3) is 6.19. The van der Waals surface area contributed by atoms with Gasteiger partial charge in [0.15, 0.2) is 0 Å². The van der Waals surface area contributed by atoms with Crippen LogP contribution in [0.2, 0.25) is 0 Å². The van der Waals surface area contributed by atoms with E-state index in [1.165, 1.54) is 0 Å². The van der Waals surface area contributed by atoms with Crippen molar-refractivity contribution in [2.75, 3.05) is 37.7 Å². The number of hydrogen-bond donors (Lipinski definition) is 2. The lowest BCUT2D eigenvalue weighted by Crippen LogP contribution is -2.24. The average Bonchev–Trinajstić information content (AvgIpc) is 2.63. The van der Waals surface area contributed by atoms with Gasteiger partial charge < -0.3 is 25.8 Å². The van der Waals surface area contributed by atoms with E-state index in [0.717, 1.165) is 50.6 Å². The molecule has 25 heavy (non-hydrogen) atoms. The van der Waals surface area contributed by atoms with Gasteiger partial charge in [0.25, 0.3) is 0 Å². The van der Waals surface area contributed by atoms with Crippen LogP contribution in [-0.2, 0) is 0 Å². The van der Waals surface area contributed by atoms with Crippen LogP contribution in [0.15, 0.2) is 42.5 Å². The molecular weight excluding hydrogens is 314 g/mol. The van der Waals surface area contributed by atoms with Gasteiger partial charge in [0.2, 0.25) is 0 Å². The highest BCUT2D eigenvalue weighted by molar-refractivity contribution is 5.65. The lowest BCUT2D eigenvalue weighted by atomic mass is 10.2. The Hall–Kier alpha value is -2.40. The third-order valence-electron chi connectivity index (χ3n) is 4.15. The Morgan fingerprint density at radius 1 is 0.800 bits per heavy atom. The first-order valence-corrected chi connectivity index (χ1v) is 8.90. The Labute approximate surface area is 150 Å². The number of ether oxygens (including phenoxy) is 2. The maximum Gasteiger partial charge on any atom is 0.129 e. The lowest BCUT2D eigenvalue weighted by molar-refractivity contribution is 0.266. The Bertz CT molecular complexity index is 640. The van der Waals surface area contributed by atoms with Crippen LogP contribution >= 0.6 is 0 Å². The molecule has 0 atom stereocenters. The maximum absolute atomic E-state index is 5.79. The van der Waals surface area contributed by atoms with Crippen LogP contribution in [-0.4, -0.2) is 31.1 Å². The summed E-state index contributed by atoms with van der Waals surface area (Å²) in [6.45, 7) is 8.48. The predicted molar refractivity (Wildman–Crippen MR) is 104 cm³/mol. The summed E-state index contributed by atoms with van der Waals surface area (Å²) >= 11 is 0. The van der Waals surface area contributed by atoms with Crippen LogP contribution in [0.3, 0.4) is 0 Å². The molecule has 0 heterocycles. The quantitative estimate of drug-likeness (QED) is 0.501. The normalized spacial score (nSPS) is 10.8. The fourth-order valence-electron chi connectivity index (χ4n) is 2.52. The standard InChI is InChI=1S/C20H29N3O2/c1-3-23(4-2)13-5-6-14-24-16-7-9-17(10-8-16)25-18-11-12-19(21)20(22)15-18/h7-12,15H,3-6,13-14,21-22H2,1-2H3. The first kappa shape index (κ1) is 18.9. The first-order valence-electron chi connectivity index (χ1n) is 8.90. The summed E-state index contributed by atoms with van der Waals surface area (Å²) in [5.41, 5.74) is 12.6. The van der Waals surface area contributed by atoms with E-state index in [2.05, 4.69) is 18.7 Å². The van der Waals surface area contributed by atoms with Gasteiger partial charge in [-0.1, -0.05) is 13.8 Å². The minimum atomic E-state index is 0.516. The summed E-state index contributed by atoms with van der Waals surface area (Å²) < 4.78 is 11.6. The van der Waals surface area contributed by atoms with E-state index in [1.54, 1.807) is 18.2 Å². The van der Waals surface area contributed by atoms with E-state index in [9.17, 15) is 0 Å². The van der Waals surface area contributed by atoms with Crippen molar-refractivity contribution in [2.45, 2.75) is 26.7 Å². The van der Waals surface area contributed by atoms with Crippen molar-refractivity contribution < 1.29 is 9.47 Å². The highest BCUT2D eigenvalue weighted by Crippen LogP contribution is 2.27. The van der Waals surface area contributed by atoms with Gasteiger partial charge in [0, 0.05) is 6.07 Å². The van der Waals surface area contributed by atoms with Gasteiger partial charge in [0.1, 0.15) is 17.2 Å². The van der Waals surface area contributed by atoms with Gasteiger partial charge in [-0.05, 0) is 68.9 Å². The van der Waals surface area contributed by atoms with E-state index in [4.69, 9.17) is 20.9 Å². The second kappa shape index (κ2) is 9.79. The summed E-state index contributed by atoms with van der Waals surface area (Å²) in [6, 6.07) is 12.9. The number of benzene rings is 2. The molecule has 0 fully saturated rings. The molecular formula is C20H29N3O2. The molecule has 2 rings (SSSR count). The van der Waals surface area contributed by atoms with Crippen LogP contribution in [0, 0.1) is 0 Å². The van der Waals surface area contributed by atoms with Gasteiger partial charge in [-0.3, -0.25) is 0 Å². The number of anilines is 2. The summed E-state index contributed by atoms with van der Waals surface area (Å²) in [5, 5.41) is 0. The van der Waals surface area contributed by atoms with Gasteiger partial charge in [-0.2, -0.15) is 0 Å². The van der Waals surface area contributed by atoms with Gasteiger partial charge in [-0.25, -0.2) is 0 Å². The van der Waals surface area contributed by atoms with Crippen molar-refractivity contribution in [3.05, 3.63) is 42.5 Å². The van der Waals surface area contributed by atoms with Crippen LogP contribution in [0.1, 0.15) is 26.7 Å². The highest BCUT2D eigenvalue weighted by atomic mass is 16.5. The molecule has 0 aliphatic rings. The second-order valence-corrected chi connectivity index (χ2v) is 5.95. The summed E-state index contributed by atoms with van der Waals surface area (Å²) in [5.74, 6) is 2.25. The predicted octanol–water partition coefficient (Wildman–Crippen LogP) is 4.14. The van der Waals surface area contributed by atoms with Crippen LogP contribution in [0.5, 0.6) is 17.2 Å². The van der Waals surface area contributed by atoms with E-state index in [1.807, 2.05) is 24.3 Å². The molecule has 0 aliphatic heterocycles. The smallest absolute Gasteiger partial charge is 0.129 e. The van der Waals surface area contributed by atoms with Crippen LogP contribution < -0.4 is 20.9 Å². The van der Waals surface area contributed by atoms with E-state index in [-0.39, 0.29) is 0 Å². The molecule has 0 amide bonds. The fourth-order valence-corrected chi connectivity index (χ4v) is 2.52. The van der Waals surface area contributed by atoms with Crippen molar-refractivity contribution >= 4 is 11.4 Å². The largest absolute Gasteiger partial charge is 0.494 e. The van der Waals surface area contributed by atoms with E-state index >= 15 is 0 Å². The molecule has 5 heteroatoms. The minimum Gasteiger partial charge on any atom is -0.494 e. The fraction of sp³-hybridized carbons (Fsp3) is 0.400.